The summed E-state index contributed by atoms with van der Waals surface area (Å²) in [4.78, 5) is 0. The molecule has 0 atom stereocenters. The zero-order chi connectivity index (χ0) is 19.2. The van der Waals surface area contributed by atoms with E-state index in [9.17, 15) is 0 Å². The van der Waals surface area contributed by atoms with E-state index in [4.69, 9.17) is 0 Å². The Morgan fingerprint density at radius 2 is 0.690 bits per heavy atom. The van der Waals surface area contributed by atoms with Crippen LogP contribution in [0, 0.1) is 0 Å². The first kappa shape index (κ1) is 17.1. The Bertz CT molecular complexity index is 1020. The molecule has 0 N–H and O–H groups in total. The maximum Gasteiger partial charge on any atom is 0.0192 e. The van der Waals surface area contributed by atoms with Crippen molar-refractivity contribution in [3.63, 3.8) is 0 Å². The van der Waals surface area contributed by atoms with Gasteiger partial charge in [-0.2, -0.15) is 11.8 Å². The van der Waals surface area contributed by atoms with E-state index in [0.29, 0.717) is 11.8 Å². The van der Waals surface area contributed by atoms with Crippen LogP contribution in [0.5, 0.6) is 0 Å². The quantitative estimate of drug-likeness (QED) is 0.351. The first-order valence-electron chi connectivity index (χ1n) is 10.4. The van der Waals surface area contributed by atoms with E-state index in [1.807, 2.05) is 0 Å². The molecule has 140 valence electrons. The third-order valence-electron chi connectivity index (χ3n) is 6.49. The number of rotatable bonds is 4. The zero-order valence-electron chi connectivity index (χ0n) is 16.2. The minimum absolute atomic E-state index is 0.499. The fraction of sp³-hybridized carbons (Fsp3) is 0.143. The molecule has 0 saturated carbocycles. The second-order valence-corrected chi connectivity index (χ2v) is 9.07. The van der Waals surface area contributed by atoms with Crippen LogP contribution in [0.1, 0.15) is 34.1 Å². The summed E-state index contributed by atoms with van der Waals surface area (Å²) in [5, 5.41) is 0. The third-order valence-corrected chi connectivity index (χ3v) is 7.63. The van der Waals surface area contributed by atoms with Gasteiger partial charge in [0.15, 0.2) is 0 Å². The van der Waals surface area contributed by atoms with Crippen LogP contribution in [0.3, 0.4) is 0 Å². The summed E-state index contributed by atoms with van der Waals surface area (Å²) >= 11 is 2.10. The third kappa shape index (κ3) is 2.68. The normalized spacial score (nSPS) is 14.3. The molecule has 29 heavy (non-hydrogen) atoms. The largest absolute Gasteiger partial charge is 0.160 e. The van der Waals surface area contributed by atoms with Crippen molar-refractivity contribution in [1.82, 2.24) is 0 Å². The lowest BCUT2D eigenvalue weighted by atomic mass is 9.99. The Balaban J connectivity index is 1.28. The smallest absolute Gasteiger partial charge is 0.0192 e. The molecule has 0 unspecified atom stereocenters. The van der Waals surface area contributed by atoms with E-state index >= 15 is 0 Å². The van der Waals surface area contributed by atoms with Crippen molar-refractivity contribution in [2.24, 2.45) is 0 Å². The average molecular weight is 391 g/mol. The SMILES string of the molecule is c1ccc2c(c1)-c1ccccc1C2CSCC1c2ccccc2-c2ccccc21. The number of hydrogen-bond acceptors (Lipinski definition) is 1. The van der Waals surface area contributed by atoms with Gasteiger partial charge in [0, 0.05) is 23.3 Å². The van der Waals surface area contributed by atoms with Crippen molar-refractivity contribution in [2.75, 3.05) is 11.5 Å². The van der Waals surface area contributed by atoms with Gasteiger partial charge in [0.2, 0.25) is 0 Å². The summed E-state index contributed by atoms with van der Waals surface area (Å²) in [6.07, 6.45) is 0. The van der Waals surface area contributed by atoms with E-state index in [2.05, 4.69) is 109 Å². The molecule has 1 heteroatoms. The van der Waals surface area contributed by atoms with Gasteiger partial charge < -0.3 is 0 Å². The molecule has 0 spiro atoms. The summed E-state index contributed by atoms with van der Waals surface area (Å²) in [5.74, 6) is 3.27. The molecule has 0 aromatic heterocycles. The molecule has 0 saturated heterocycles. The van der Waals surface area contributed by atoms with Gasteiger partial charge in [0.1, 0.15) is 0 Å². The molecule has 6 rings (SSSR count). The Morgan fingerprint density at radius 3 is 1.00 bits per heavy atom. The fourth-order valence-electron chi connectivity index (χ4n) is 5.18. The molecule has 4 aromatic carbocycles. The van der Waals surface area contributed by atoms with Crippen molar-refractivity contribution in [3.05, 3.63) is 119 Å². The van der Waals surface area contributed by atoms with E-state index < -0.39 is 0 Å². The number of fused-ring (bicyclic) bond motifs is 6. The molecule has 4 aromatic rings. The standard InChI is InChI=1S/C28H22S/c1-5-13-23-19(9-1)20-10-2-6-14-24(20)27(23)17-29-18-28-25-15-7-3-11-21(25)22-12-4-8-16-26(22)28/h1-16,27-28H,17-18H2. The van der Waals surface area contributed by atoms with Crippen molar-refractivity contribution in [2.45, 2.75) is 11.8 Å². The molecule has 0 amide bonds. The molecule has 0 aliphatic heterocycles. The van der Waals surface area contributed by atoms with Crippen molar-refractivity contribution in [3.8, 4) is 22.3 Å². The maximum absolute atomic E-state index is 2.32. The topological polar surface area (TPSA) is 0 Å². The molecule has 2 aliphatic carbocycles. The minimum atomic E-state index is 0.499. The highest BCUT2D eigenvalue weighted by atomic mass is 32.2. The molecule has 0 fully saturated rings. The second-order valence-electron chi connectivity index (χ2n) is 7.99. The average Bonchev–Trinajstić information content (AvgIpc) is 3.28. The first-order valence-corrected chi connectivity index (χ1v) is 11.5. The first-order chi connectivity index (χ1) is 14.4. The monoisotopic (exact) mass is 390 g/mol. The maximum atomic E-state index is 2.32. The zero-order valence-corrected chi connectivity index (χ0v) is 17.0. The predicted molar refractivity (Wildman–Crippen MR) is 125 cm³/mol. The van der Waals surface area contributed by atoms with Gasteiger partial charge in [-0.3, -0.25) is 0 Å². The van der Waals surface area contributed by atoms with Gasteiger partial charge in [0.05, 0.1) is 0 Å². The van der Waals surface area contributed by atoms with Crippen LogP contribution in [-0.4, -0.2) is 11.5 Å². The van der Waals surface area contributed by atoms with Gasteiger partial charge in [0.25, 0.3) is 0 Å². The van der Waals surface area contributed by atoms with Gasteiger partial charge in [-0.25, -0.2) is 0 Å². The highest BCUT2D eigenvalue weighted by Gasteiger charge is 2.30. The van der Waals surface area contributed by atoms with Crippen molar-refractivity contribution < 1.29 is 0 Å². The number of hydrogen-bond donors (Lipinski definition) is 0. The second kappa shape index (κ2) is 6.93. The highest BCUT2D eigenvalue weighted by Crippen LogP contribution is 2.48. The predicted octanol–water partition coefficient (Wildman–Crippen LogP) is 7.34. The summed E-state index contributed by atoms with van der Waals surface area (Å²) in [7, 11) is 0. The van der Waals surface area contributed by atoms with Crippen LogP contribution in [0.2, 0.25) is 0 Å². The van der Waals surface area contributed by atoms with Gasteiger partial charge in [-0.1, -0.05) is 97.1 Å². The molecule has 2 aliphatic rings. The minimum Gasteiger partial charge on any atom is -0.160 e. The van der Waals surface area contributed by atoms with Gasteiger partial charge in [-0.15, -0.1) is 0 Å². The van der Waals surface area contributed by atoms with Crippen LogP contribution in [0.4, 0.5) is 0 Å². The Labute approximate surface area is 176 Å². The van der Waals surface area contributed by atoms with Crippen LogP contribution in [0.25, 0.3) is 22.3 Å². The van der Waals surface area contributed by atoms with Crippen molar-refractivity contribution >= 4 is 11.8 Å². The Hall–Kier alpha value is -2.77. The molecular formula is C28H22S. The number of thioether (sulfide) groups is 1. The van der Waals surface area contributed by atoms with Gasteiger partial charge in [-0.05, 0) is 44.5 Å². The molecular weight excluding hydrogens is 368 g/mol. The van der Waals surface area contributed by atoms with Gasteiger partial charge >= 0.3 is 0 Å². The van der Waals surface area contributed by atoms with Crippen LogP contribution in [-0.2, 0) is 0 Å². The Kier molecular flexibility index (Phi) is 4.09. The number of benzene rings is 4. The highest BCUT2D eigenvalue weighted by molar-refractivity contribution is 7.99. The summed E-state index contributed by atoms with van der Waals surface area (Å²) in [6, 6.07) is 35.8. The van der Waals surface area contributed by atoms with Crippen LogP contribution < -0.4 is 0 Å². The van der Waals surface area contributed by atoms with E-state index in [0.717, 1.165) is 11.5 Å². The van der Waals surface area contributed by atoms with E-state index in [1.54, 1.807) is 0 Å². The molecule has 0 nitrogen and oxygen atoms in total. The van der Waals surface area contributed by atoms with E-state index in [1.165, 1.54) is 44.5 Å². The summed E-state index contributed by atoms with van der Waals surface area (Å²) < 4.78 is 0. The lowest BCUT2D eigenvalue weighted by Crippen LogP contribution is -2.05. The molecule has 0 radical (unpaired) electrons. The summed E-state index contributed by atoms with van der Waals surface area (Å²) in [5.41, 5.74) is 11.7. The van der Waals surface area contributed by atoms with Crippen molar-refractivity contribution in [1.29, 1.82) is 0 Å². The van der Waals surface area contributed by atoms with E-state index in [-0.39, 0.29) is 0 Å². The van der Waals surface area contributed by atoms with Crippen LogP contribution in [0.15, 0.2) is 97.1 Å². The van der Waals surface area contributed by atoms with Crippen LogP contribution >= 0.6 is 11.8 Å². The molecule has 0 heterocycles. The lowest BCUT2D eigenvalue weighted by Gasteiger charge is -2.17. The Morgan fingerprint density at radius 1 is 0.414 bits per heavy atom. The lowest BCUT2D eigenvalue weighted by molar-refractivity contribution is 0.946. The fourth-order valence-corrected chi connectivity index (χ4v) is 6.51. The molecule has 0 bridgehead atoms. The summed E-state index contributed by atoms with van der Waals surface area (Å²) in [6.45, 7) is 0.